The van der Waals surface area contributed by atoms with Crippen LogP contribution in [-0.2, 0) is 15.0 Å². The number of likely N-dealkylation sites (tertiary alicyclic amines) is 1. The van der Waals surface area contributed by atoms with E-state index < -0.39 is 10.2 Å². The van der Waals surface area contributed by atoms with Crippen LogP contribution in [0.25, 0.3) is 0 Å². The zero-order valence-corrected chi connectivity index (χ0v) is 12.3. The van der Waals surface area contributed by atoms with Gasteiger partial charge in [0, 0.05) is 39.6 Å². The third kappa shape index (κ3) is 5.43. The van der Waals surface area contributed by atoms with Crippen molar-refractivity contribution in [2.75, 3.05) is 39.8 Å². The number of hydrogen-bond donors (Lipinski definition) is 2. The van der Waals surface area contributed by atoms with Crippen LogP contribution in [0.15, 0.2) is 0 Å². The van der Waals surface area contributed by atoms with Crippen LogP contribution < -0.4 is 10.5 Å². The average molecular weight is 292 g/mol. The van der Waals surface area contributed by atoms with Crippen LogP contribution in [0, 0.1) is 0 Å². The van der Waals surface area contributed by atoms with Gasteiger partial charge >= 0.3 is 0 Å². The lowest BCUT2D eigenvalue weighted by Crippen LogP contribution is -2.41. The first kappa shape index (κ1) is 16.4. The molecule has 8 heteroatoms. The molecule has 0 aromatic rings. The summed E-state index contributed by atoms with van der Waals surface area (Å²) in [5, 5.41) is 0. The molecule has 0 unspecified atom stereocenters. The van der Waals surface area contributed by atoms with E-state index in [9.17, 15) is 13.2 Å². The SMILES string of the molecule is CN(CCCN)S(=O)(=O)NCCC(=O)N1CCCC1. The van der Waals surface area contributed by atoms with Crippen LogP contribution in [0.2, 0.25) is 0 Å². The molecule has 1 saturated heterocycles. The molecule has 0 bridgehead atoms. The summed E-state index contributed by atoms with van der Waals surface area (Å²) in [5.74, 6) is 0.0183. The highest BCUT2D eigenvalue weighted by Gasteiger charge is 2.20. The molecule has 1 aliphatic heterocycles. The zero-order chi connectivity index (χ0) is 14.3. The van der Waals surface area contributed by atoms with Gasteiger partial charge in [0.05, 0.1) is 0 Å². The van der Waals surface area contributed by atoms with Gasteiger partial charge in [-0.15, -0.1) is 0 Å². The molecule has 1 amide bonds. The van der Waals surface area contributed by atoms with Crippen molar-refractivity contribution >= 4 is 16.1 Å². The first-order valence-corrected chi connectivity index (χ1v) is 8.10. The number of carbonyl (C=O) groups excluding carboxylic acids is 1. The Hall–Kier alpha value is -0.700. The lowest BCUT2D eigenvalue weighted by Gasteiger charge is -2.18. The Morgan fingerprint density at radius 3 is 2.58 bits per heavy atom. The second-order valence-corrected chi connectivity index (χ2v) is 6.56. The normalized spacial score (nSPS) is 16.3. The highest BCUT2D eigenvalue weighted by molar-refractivity contribution is 7.87. The second-order valence-electron chi connectivity index (χ2n) is 4.70. The third-order valence-electron chi connectivity index (χ3n) is 3.17. The van der Waals surface area contributed by atoms with Crippen LogP contribution in [0.3, 0.4) is 0 Å². The molecule has 19 heavy (non-hydrogen) atoms. The molecule has 1 fully saturated rings. The zero-order valence-electron chi connectivity index (χ0n) is 11.5. The maximum atomic E-state index is 11.8. The molecule has 7 nitrogen and oxygen atoms in total. The van der Waals surface area contributed by atoms with Crippen LogP contribution in [0.4, 0.5) is 0 Å². The van der Waals surface area contributed by atoms with Crippen LogP contribution >= 0.6 is 0 Å². The minimum Gasteiger partial charge on any atom is -0.343 e. The Morgan fingerprint density at radius 1 is 1.37 bits per heavy atom. The van der Waals surface area contributed by atoms with E-state index in [0.717, 1.165) is 25.9 Å². The number of hydrogen-bond acceptors (Lipinski definition) is 4. The Kier molecular flexibility index (Phi) is 6.70. The van der Waals surface area contributed by atoms with E-state index in [0.29, 0.717) is 19.5 Å². The quantitative estimate of drug-likeness (QED) is 0.607. The van der Waals surface area contributed by atoms with Gasteiger partial charge in [0.1, 0.15) is 0 Å². The van der Waals surface area contributed by atoms with E-state index in [1.807, 2.05) is 0 Å². The molecule has 1 aliphatic rings. The summed E-state index contributed by atoms with van der Waals surface area (Å²) in [4.78, 5) is 13.5. The average Bonchev–Trinajstić information content (AvgIpc) is 2.89. The summed E-state index contributed by atoms with van der Waals surface area (Å²) in [6, 6.07) is 0. The molecular formula is C11H24N4O3S. The first-order chi connectivity index (χ1) is 8.97. The number of amides is 1. The predicted octanol–water partition coefficient (Wildman–Crippen LogP) is -0.886. The molecule has 0 spiro atoms. The van der Waals surface area contributed by atoms with Crippen LogP contribution in [-0.4, -0.2) is 63.3 Å². The molecule has 1 heterocycles. The van der Waals surface area contributed by atoms with Gasteiger partial charge in [-0.1, -0.05) is 0 Å². The maximum absolute atomic E-state index is 11.8. The fourth-order valence-electron chi connectivity index (χ4n) is 1.96. The van der Waals surface area contributed by atoms with Crippen molar-refractivity contribution < 1.29 is 13.2 Å². The fourth-order valence-corrected chi connectivity index (χ4v) is 2.91. The van der Waals surface area contributed by atoms with E-state index >= 15 is 0 Å². The van der Waals surface area contributed by atoms with Crippen molar-refractivity contribution in [2.45, 2.75) is 25.7 Å². The fraction of sp³-hybridized carbons (Fsp3) is 0.909. The molecule has 0 atom stereocenters. The smallest absolute Gasteiger partial charge is 0.279 e. The lowest BCUT2D eigenvalue weighted by molar-refractivity contribution is -0.129. The number of carbonyl (C=O) groups is 1. The highest BCUT2D eigenvalue weighted by Crippen LogP contribution is 2.08. The minimum atomic E-state index is -3.49. The summed E-state index contributed by atoms with van der Waals surface area (Å²) in [6.45, 7) is 2.56. The lowest BCUT2D eigenvalue weighted by atomic mass is 10.4. The minimum absolute atomic E-state index is 0.0183. The van der Waals surface area contributed by atoms with Crippen molar-refractivity contribution in [3.63, 3.8) is 0 Å². The van der Waals surface area contributed by atoms with Crippen molar-refractivity contribution in [2.24, 2.45) is 5.73 Å². The summed E-state index contributed by atoms with van der Waals surface area (Å²) in [6.07, 6.45) is 2.91. The van der Waals surface area contributed by atoms with Crippen molar-refractivity contribution in [1.29, 1.82) is 0 Å². The van der Waals surface area contributed by atoms with Gasteiger partial charge in [-0.25, -0.2) is 4.72 Å². The van der Waals surface area contributed by atoms with Crippen molar-refractivity contribution in [3.8, 4) is 0 Å². The van der Waals surface area contributed by atoms with Gasteiger partial charge in [0.2, 0.25) is 5.91 Å². The van der Waals surface area contributed by atoms with E-state index in [1.54, 1.807) is 4.90 Å². The van der Waals surface area contributed by atoms with Gasteiger partial charge < -0.3 is 10.6 Å². The molecule has 0 radical (unpaired) electrons. The molecular weight excluding hydrogens is 268 g/mol. The Morgan fingerprint density at radius 2 is 2.00 bits per heavy atom. The Bertz CT molecular complexity index is 379. The number of nitrogens with zero attached hydrogens (tertiary/aromatic N) is 2. The topological polar surface area (TPSA) is 95.7 Å². The van der Waals surface area contributed by atoms with E-state index in [2.05, 4.69) is 4.72 Å². The molecule has 0 aromatic carbocycles. The predicted molar refractivity (Wildman–Crippen MR) is 73.7 cm³/mol. The summed E-state index contributed by atoms with van der Waals surface area (Å²) in [5.41, 5.74) is 5.34. The number of rotatable bonds is 8. The molecule has 0 aliphatic carbocycles. The Labute approximate surface area is 115 Å². The number of nitrogens with two attached hydrogens (primary N) is 1. The maximum Gasteiger partial charge on any atom is 0.279 e. The standard InChI is InChI=1S/C11H24N4O3S/c1-14(8-4-6-12)19(17,18)13-7-5-11(16)15-9-2-3-10-15/h13H,2-10,12H2,1H3. The van der Waals surface area contributed by atoms with Crippen LogP contribution in [0.5, 0.6) is 0 Å². The largest absolute Gasteiger partial charge is 0.343 e. The second kappa shape index (κ2) is 7.78. The van der Waals surface area contributed by atoms with Gasteiger partial charge in [-0.2, -0.15) is 12.7 Å². The Balaban J connectivity index is 2.28. The van der Waals surface area contributed by atoms with E-state index in [4.69, 9.17) is 5.73 Å². The summed E-state index contributed by atoms with van der Waals surface area (Å²) >= 11 is 0. The highest BCUT2D eigenvalue weighted by atomic mass is 32.2. The first-order valence-electron chi connectivity index (χ1n) is 6.66. The molecule has 0 aromatic heterocycles. The van der Waals surface area contributed by atoms with Crippen LogP contribution in [0.1, 0.15) is 25.7 Å². The van der Waals surface area contributed by atoms with Gasteiger partial charge in [0.25, 0.3) is 10.2 Å². The van der Waals surface area contributed by atoms with Gasteiger partial charge in [-0.05, 0) is 25.8 Å². The van der Waals surface area contributed by atoms with E-state index in [-0.39, 0.29) is 18.9 Å². The van der Waals surface area contributed by atoms with Crippen molar-refractivity contribution in [3.05, 3.63) is 0 Å². The van der Waals surface area contributed by atoms with Crippen molar-refractivity contribution in [1.82, 2.24) is 13.9 Å². The molecule has 112 valence electrons. The molecule has 1 rings (SSSR count). The molecule has 3 N–H and O–H groups in total. The molecule has 0 saturated carbocycles. The summed E-state index contributed by atoms with van der Waals surface area (Å²) in [7, 11) is -1.99. The number of nitrogens with one attached hydrogen (secondary N) is 1. The summed E-state index contributed by atoms with van der Waals surface area (Å²) < 4.78 is 27.2. The van der Waals surface area contributed by atoms with Gasteiger partial charge in [0.15, 0.2) is 0 Å². The monoisotopic (exact) mass is 292 g/mol. The third-order valence-corrected chi connectivity index (χ3v) is 4.74. The van der Waals surface area contributed by atoms with Gasteiger partial charge in [-0.3, -0.25) is 4.79 Å². The van der Waals surface area contributed by atoms with E-state index in [1.165, 1.54) is 11.4 Å².